The molecule has 0 aliphatic heterocycles. The minimum Gasteiger partial charge on any atom is -0.353 e. The van der Waals surface area contributed by atoms with Gasteiger partial charge in [-0.2, -0.15) is 0 Å². The van der Waals surface area contributed by atoms with Gasteiger partial charge in [-0.25, -0.2) is 4.98 Å². The summed E-state index contributed by atoms with van der Waals surface area (Å²) in [5.74, 6) is 0.230. The lowest BCUT2D eigenvalue weighted by molar-refractivity contribution is -0.119. The fraction of sp³-hybridized carbons (Fsp3) is 0.533. The Bertz CT molecular complexity index is 706. The first kappa shape index (κ1) is 17.0. The number of nitrogens with zero attached hydrogens (tertiary/aromatic N) is 2. The second-order valence-electron chi connectivity index (χ2n) is 5.35. The van der Waals surface area contributed by atoms with Gasteiger partial charge in [-0.3, -0.25) is 14.2 Å². The zero-order valence-corrected chi connectivity index (χ0v) is 14.7. The van der Waals surface area contributed by atoms with Crippen molar-refractivity contribution < 1.29 is 4.79 Å². The maximum atomic E-state index is 12.6. The predicted molar refractivity (Wildman–Crippen MR) is 92.8 cm³/mol. The summed E-state index contributed by atoms with van der Waals surface area (Å²) >= 11 is 2.74. The number of fused-ring (bicyclic) bond motifs is 1. The van der Waals surface area contributed by atoms with Gasteiger partial charge < -0.3 is 5.32 Å². The van der Waals surface area contributed by atoms with E-state index in [1.807, 2.05) is 25.3 Å². The Kier molecular flexibility index (Phi) is 6.02. The standard InChI is InChI=1S/C15H21N3O2S2/c1-4-5-7-18-14(20)13-11(6-8-21-13)17-15(18)22-9-12(19)16-10(2)3/h6,8,10H,4-5,7,9H2,1-3H3,(H,16,19). The van der Waals surface area contributed by atoms with Gasteiger partial charge in [-0.1, -0.05) is 25.1 Å². The molecule has 5 nitrogen and oxygen atoms in total. The van der Waals surface area contributed by atoms with Crippen molar-refractivity contribution in [2.45, 2.75) is 51.4 Å². The maximum absolute atomic E-state index is 12.6. The molecule has 0 atom stereocenters. The quantitative estimate of drug-likeness (QED) is 0.622. The maximum Gasteiger partial charge on any atom is 0.272 e. The van der Waals surface area contributed by atoms with Crippen LogP contribution in [-0.4, -0.2) is 27.3 Å². The highest BCUT2D eigenvalue weighted by Gasteiger charge is 2.14. The van der Waals surface area contributed by atoms with Crippen LogP contribution in [0.5, 0.6) is 0 Å². The number of carbonyl (C=O) groups excluding carboxylic acids is 1. The Morgan fingerprint density at radius 2 is 2.27 bits per heavy atom. The van der Waals surface area contributed by atoms with Crippen molar-refractivity contribution in [1.29, 1.82) is 0 Å². The van der Waals surface area contributed by atoms with Crippen LogP contribution in [0, 0.1) is 0 Å². The van der Waals surface area contributed by atoms with Crippen LogP contribution in [0.25, 0.3) is 10.2 Å². The average molecular weight is 339 g/mol. The first-order valence-electron chi connectivity index (χ1n) is 7.43. The Morgan fingerprint density at radius 3 is 2.95 bits per heavy atom. The molecule has 2 aromatic heterocycles. The molecule has 2 aromatic rings. The summed E-state index contributed by atoms with van der Waals surface area (Å²) in [6.45, 7) is 6.58. The topological polar surface area (TPSA) is 64.0 Å². The van der Waals surface area contributed by atoms with Crippen molar-refractivity contribution in [2.75, 3.05) is 5.75 Å². The van der Waals surface area contributed by atoms with Gasteiger partial charge in [0.15, 0.2) is 5.16 Å². The fourth-order valence-corrected chi connectivity index (χ4v) is 3.66. The molecule has 0 saturated carbocycles. The number of hydrogen-bond donors (Lipinski definition) is 1. The molecule has 120 valence electrons. The van der Waals surface area contributed by atoms with Crippen molar-refractivity contribution in [3.8, 4) is 0 Å². The van der Waals surface area contributed by atoms with Gasteiger partial charge in [0.2, 0.25) is 5.91 Å². The molecule has 7 heteroatoms. The third-order valence-corrected chi connectivity index (χ3v) is 4.92. The molecule has 22 heavy (non-hydrogen) atoms. The summed E-state index contributed by atoms with van der Waals surface area (Å²) in [7, 11) is 0. The number of thiophene rings is 1. The molecule has 1 amide bonds. The second-order valence-corrected chi connectivity index (χ2v) is 7.21. The normalized spacial score (nSPS) is 11.3. The summed E-state index contributed by atoms with van der Waals surface area (Å²) < 4.78 is 2.39. The van der Waals surface area contributed by atoms with Crippen molar-refractivity contribution >= 4 is 39.2 Å². The number of aromatic nitrogens is 2. The molecule has 0 bridgehead atoms. The Morgan fingerprint density at radius 1 is 1.50 bits per heavy atom. The Balaban J connectivity index is 2.26. The molecule has 1 N–H and O–H groups in total. The number of rotatable bonds is 7. The summed E-state index contributed by atoms with van der Waals surface area (Å²) in [5.41, 5.74) is 0.717. The number of nitrogens with one attached hydrogen (secondary N) is 1. The van der Waals surface area contributed by atoms with Gasteiger partial charge in [0.05, 0.1) is 11.3 Å². The van der Waals surface area contributed by atoms with Gasteiger partial charge in [-0.15, -0.1) is 11.3 Å². The highest BCUT2D eigenvalue weighted by Crippen LogP contribution is 2.21. The molecular formula is C15H21N3O2S2. The molecule has 0 saturated heterocycles. The van der Waals surface area contributed by atoms with Crippen LogP contribution >= 0.6 is 23.1 Å². The van der Waals surface area contributed by atoms with Crippen molar-refractivity contribution in [3.63, 3.8) is 0 Å². The van der Waals surface area contributed by atoms with E-state index in [4.69, 9.17) is 0 Å². The molecule has 0 fully saturated rings. The van der Waals surface area contributed by atoms with Crippen LogP contribution in [0.2, 0.25) is 0 Å². The molecule has 0 unspecified atom stereocenters. The van der Waals surface area contributed by atoms with E-state index in [2.05, 4.69) is 17.2 Å². The third-order valence-electron chi connectivity index (χ3n) is 3.05. The highest BCUT2D eigenvalue weighted by molar-refractivity contribution is 7.99. The Hall–Kier alpha value is -1.34. The van der Waals surface area contributed by atoms with Crippen LogP contribution < -0.4 is 10.9 Å². The first-order valence-corrected chi connectivity index (χ1v) is 9.29. The fourth-order valence-electron chi connectivity index (χ4n) is 2.04. The van der Waals surface area contributed by atoms with Crippen molar-refractivity contribution in [1.82, 2.24) is 14.9 Å². The zero-order chi connectivity index (χ0) is 16.1. The number of hydrogen-bond acceptors (Lipinski definition) is 5. The van der Waals surface area contributed by atoms with Gasteiger partial charge in [0.25, 0.3) is 5.56 Å². The molecule has 0 aliphatic carbocycles. The van der Waals surface area contributed by atoms with Gasteiger partial charge >= 0.3 is 0 Å². The molecule has 0 spiro atoms. The predicted octanol–water partition coefficient (Wildman–Crippen LogP) is 2.87. The monoisotopic (exact) mass is 339 g/mol. The lowest BCUT2D eigenvalue weighted by atomic mass is 10.3. The minimum atomic E-state index is -0.0401. The van der Waals surface area contributed by atoms with E-state index < -0.39 is 0 Å². The van der Waals surface area contributed by atoms with Crippen LogP contribution in [0.1, 0.15) is 33.6 Å². The molecule has 0 aliphatic rings. The molecule has 0 radical (unpaired) electrons. The minimum absolute atomic E-state index is 0.000202. The summed E-state index contributed by atoms with van der Waals surface area (Å²) in [4.78, 5) is 28.9. The zero-order valence-electron chi connectivity index (χ0n) is 13.1. The van der Waals surface area contributed by atoms with E-state index in [1.54, 1.807) is 4.57 Å². The van der Waals surface area contributed by atoms with E-state index in [0.717, 1.165) is 18.4 Å². The lowest BCUT2D eigenvalue weighted by Gasteiger charge is -2.12. The van der Waals surface area contributed by atoms with Gasteiger partial charge in [-0.05, 0) is 31.7 Å². The van der Waals surface area contributed by atoms with Crippen LogP contribution in [-0.2, 0) is 11.3 Å². The molecular weight excluding hydrogens is 318 g/mol. The summed E-state index contributed by atoms with van der Waals surface area (Å²) in [6, 6.07) is 1.96. The van der Waals surface area contributed by atoms with E-state index >= 15 is 0 Å². The number of thioether (sulfide) groups is 1. The van der Waals surface area contributed by atoms with Crippen LogP contribution in [0.4, 0.5) is 0 Å². The van der Waals surface area contributed by atoms with E-state index in [0.29, 0.717) is 16.4 Å². The van der Waals surface area contributed by atoms with Crippen LogP contribution in [0.15, 0.2) is 21.4 Å². The lowest BCUT2D eigenvalue weighted by Crippen LogP contribution is -2.32. The molecule has 2 rings (SSSR count). The smallest absolute Gasteiger partial charge is 0.272 e. The van der Waals surface area contributed by atoms with Gasteiger partial charge in [0, 0.05) is 12.6 Å². The SMILES string of the molecule is CCCCn1c(SCC(=O)NC(C)C)nc2ccsc2c1=O. The molecule has 0 aromatic carbocycles. The number of carbonyl (C=O) groups is 1. The van der Waals surface area contributed by atoms with E-state index in [9.17, 15) is 9.59 Å². The summed E-state index contributed by atoms with van der Waals surface area (Å²) in [5, 5.41) is 5.36. The second kappa shape index (κ2) is 7.78. The van der Waals surface area contributed by atoms with Crippen molar-refractivity contribution in [3.05, 3.63) is 21.8 Å². The van der Waals surface area contributed by atoms with Gasteiger partial charge in [0.1, 0.15) is 4.70 Å². The largest absolute Gasteiger partial charge is 0.353 e. The highest BCUT2D eigenvalue weighted by atomic mass is 32.2. The number of amides is 1. The molecule has 2 heterocycles. The Labute approximate surface area is 138 Å². The first-order chi connectivity index (χ1) is 10.5. The third kappa shape index (κ3) is 4.10. The van der Waals surface area contributed by atoms with E-state index in [1.165, 1.54) is 23.1 Å². The number of unbranched alkanes of at least 4 members (excludes halogenated alkanes) is 1. The van der Waals surface area contributed by atoms with Crippen LogP contribution in [0.3, 0.4) is 0 Å². The average Bonchev–Trinajstić information content (AvgIpc) is 2.92. The van der Waals surface area contributed by atoms with E-state index in [-0.39, 0.29) is 23.3 Å². The summed E-state index contributed by atoms with van der Waals surface area (Å²) in [6.07, 6.45) is 1.93. The van der Waals surface area contributed by atoms with Crippen molar-refractivity contribution in [2.24, 2.45) is 0 Å².